The SMILES string of the molecule is CCCCCC1OC1C/C=C\C/C=C\C/C=C\CCCC(=O)O[C@H](COC(=O)CCCCCCCCCCC(C)CC)COP(=O)(O)OP(=O)(O)OC[C@H]1O[C@@H](n2ccc(N)nc2=O)[C@H](O)[C@@H]1O. The fourth-order valence-corrected chi connectivity index (χ4v) is 9.49. The molecule has 0 radical (unpaired) electrons. The Kier molecular flexibility index (Phi) is 28.5. The lowest BCUT2D eigenvalue weighted by atomic mass is 9.99. The minimum atomic E-state index is -5.43. The molecule has 0 bridgehead atoms. The number of aliphatic hydroxyl groups is 2. The largest absolute Gasteiger partial charge is 0.481 e. The molecule has 6 N–H and O–H groups in total. The number of phosphoric acid groups is 2. The molecule has 21 heteroatoms. The summed E-state index contributed by atoms with van der Waals surface area (Å²) < 4.78 is 62.4. The summed E-state index contributed by atoms with van der Waals surface area (Å²) in [7, 11) is -10.9. The normalized spacial score (nSPS) is 23.2. The van der Waals surface area contributed by atoms with Crippen molar-refractivity contribution in [2.24, 2.45) is 5.92 Å². The first-order chi connectivity index (χ1) is 32.5. The zero-order chi connectivity index (χ0) is 49.8. The summed E-state index contributed by atoms with van der Waals surface area (Å²) in [6.07, 6.45) is 25.7. The lowest BCUT2D eigenvalue weighted by Crippen LogP contribution is -2.36. The van der Waals surface area contributed by atoms with Crippen molar-refractivity contribution in [3.05, 3.63) is 59.2 Å². The Morgan fingerprint density at radius 3 is 2.13 bits per heavy atom. The van der Waals surface area contributed by atoms with Crippen molar-refractivity contribution in [3.8, 4) is 0 Å². The van der Waals surface area contributed by atoms with Crippen LogP contribution in [0.1, 0.15) is 162 Å². The molecule has 0 aliphatic carbocycles. The van der Waals surface area contributed by atoms with E-state index in [-0.39, 0.29) is 18.7 Å². The molecule has 2 saturated heterocycles. The maximum Gasteiger partial charge on any atom is 0.481 e. The fraction of sp³-hybridized carbons (Fsp3) is 0.745. The molecule has 3 heterocycles. The number of phosphoric ester groups is 2. The summed E-state index contributed by atoms with van der Waals surface area (Å²) >= 11 is 0. The van der Waals surface area contributed by atoms with Gasteiger partial charge in [-0.05, 0) is 56.9 Å². The number of carbonyl (C=O) groups is 2. The molecule has 0 aromatic carbocycles. The Labute approximate surface area is 402 Å². The topological polar surface area (TPSA) is 278 Å². The number of nitrogen functional groups attached to an aromatic ring is 1. The number of nitrogens with zero attached hydrogens (tertiary/aromatic N) is 2. The standard InChI is InChI=1S/C47H79N3O16P2/c1-4-6-21-27-38-39(64-38)28-23-18-14-9-7-8-10-16-20-25-30-43(52)63-37(33-60-42(51)29-24-19-15-12-11-13-17-22-26-36(3)5-2)34-61-67(56,57)66-68(58,59)62-35-40-44(53)45(54)46(65-40)50-32-31-41(48)49-47(50)55/h7,9-10,16,18,23,31-32,36-40,44-46,53-54H,4-6,8,11-15,17,19-22,24-30,33-35H2,1-3H3,(H,56,57)(H,58,59)(H2,48,49,55)/b9-7-,16-10-,23-18-/t36?,37-,38?,39?,40-,44-,45-,46-/m1/s1. The molecule has 0 amide bonds. The fourth-order valence-electron chi connectivity index (χ4n) is 7.38. The first-order valence-corrected chi connectivity index (χ1v) is 27.5. The predicted molar refractivity (Wildman–Crippen MR) is 256 cm³/mol. The average molecular weight is 1000 g/mol. The number of hydrogen-bond donors (Lipinski definition) is 5. The number of hydrogen-bond acceptors (Lipinski definition) is 16. The summed E-state index contributed by atoms with van der Waals surface area (Å²) in [6, 6.07) is 1.24. The quantitative estimate of drug-likeness (QED) is 0.0137. The van der Waals surface area contributed by atoms with Crippen LogP contribution in [0.25, 0.3) is 0 Å². The van der Waals surface area contributed by atoms with E-state index in [0.717, 1.165) is 68.0 Å². The molecule has 0 saturated carbocycles. The van der Waals surface area contributed by atoms with Crippen molar-refractivity contribution in [1.29, 1.82) is 0 Å². The Morgan fingerprint density at radius 1 is 0.794 bits per heavy atom. The van der Waals surface area contributed by atoms with Gasteiger partial charge in [0.1, 0.15) is 30.7 Å². The van der Waals surface area contributed by atoms with E-state index in [1.54, 1.807) is 0 Å². The van der Waals surface area contributed by atoms with Crippen LogP contribution in [-0.4, -0.2) is 97.9 Å². The number of unbranched alkanes of at least 4 members (excludes halogenated alkanes) is 10. The number of anilines is 1. The number of rotatable bonds is 38. The van der Waals surface area contributed by atoms with Crippen LogP contribution in [0.2, 0.25) is 0 Å². The zero-order valence-electron chi connectivity index (χ0n) is 40.3. The highest BCUT2D eigenvalue weighted by Crippen LogP contribution is 2.60. The highest BCUT2D eigenvalue weighted by molar-refractivity contribution is 7.61. The van der Waals surface area contributed by atoms with E-state index >= 15 is 0 Å². The van der Waals surface area contributed by atoms with Crippen molar-refractivity contribution in [2.45, 2.75) is 198 Å². The maximum atomic E-state index is 12.8. The van der Waals surface area contributed by atoms with E-state index in [9.17, 15) is 43.5 Å². The Balaban J connectivity index is 1.42. The third-order valence-electron chi connectivity index (χ3n) is 11.7. The lowest BCUT2D eigenvalue weighted by Gasteiger charge is -2.21. The van der Waals surface area contributed by atoms with Gasteiger partial charge in [0.15, 0.2) is 12.3 Å². The molecule has 19 nitrogen and oxygen atoms in total. The van der Waals surface area contributed by atoms with Gasteiger partial charge in [-0.15, -0.1) is 0 Å². The average Bonchev–Trinajstić information content (AvgIpc) is 3.98. The smallest absolute Gasteiger partial charge is 0.462 e. The minimum absolute atomic E-state index is 0.0292. The van der Waals surface area contributed by atoms with Gasteiger partial charge in [0.2, 0.25) is 0 Å². The number of aliphatic hydroxyl groups excluding tert-OH is 2. The summed E-state index contributed by atoms with van der Waals surface area (Å²) in [5.41, 5.74) is 4.58. The number of epoxide rings is 1. The summed E-state index contributed by atoms with van der Waals surface area (Å²) in [6.45, 7) is 4.34. The molecule has 5 unspecified atom stereocenters. The van der Waals surface area contributed by atoms with Gasteiger partial charge >= 0.3 is 33.3 Å². The van der Waals surface area contributed by atoms with Crippen LogP contribution in [-0.2, 0) is 51.0 Å². The van der Waals surface area contributed by atoms with Gasteiger partial charge in [0.05, 0.1) is 25.4 Å². The maximum absolute atomic E-state index is 12.8. The second-order valence-corrected chi connectivity index (χ2v) is 20.6. The Hall–Kier alpha value is -3.06. The van der Waals surface area contributed by atoms with Crippen LogP contribution in [0, 0.1) is 5.92 Å². The van der Waals surface area contributed by atoms with E-state index in [1.807, 2.05) is 12.2 Å². The second-order valence-electron chi connectivity index (χ2n) is 17.6. The number of aromatic nitrogens is 2. The molecule has 3 rings (SSSR count). The molecule has 2 aliphatic heterocycles. The van der Waals surface area contributed by atoms with E-state index in [1.165, 1.54) is 57.4 Å². The van der Waals surface area contributed by atoms with Gasteiger partial charge in [0, 0.05) is 19.0 Å². The Bertz CT molecular complexity index is 1860. The number of allylic oxidation sites excluding steroid dienone is 5. The number of carbonyl (C=O) groups excluding carboxylic acids is 2. The molecule has 0 spiro atoms. The lowest BCUT2D eigenvalue weighted by molar-refractivity contribution is -0.161. The van der Waals surface area contributed by atoms with Crippen LogP contribution in [0.15, 0.2) is 53.5 Å². The molecular formula is C47H79N3O16P2. The number of esters is 2. The number of nitrogens with two attached hydrogens (primary N) is 1. The number of ether oxygens (including phenoxy) is 4. The van der Waals surface area contributed by atoms with Gasteiger partial charge in [-0.1, -0.05) is 134 Å². The van der Waals surface area contributed by atoms with Crippen LogP contribution < -0.4 is 11.4 Å². The first-order valence-electron chi connectivity index (χ1n) is 24.5. The molecule has 68 heavy (non-hydrogen) atoms. The molecule has 388 valence electrons. The molecular weight excluding hydrogens is 924 g/mol. The predicted octanol–water partition coefficient (Wildman–Crippen LogP) is 8.45. The van der Waals surface area contributed by atoms with E-state index in [4.69, 9.17) is 33.7 Å². The second kappa shape index (κ2) is 32.8. The van der Waals surface area contributed by atoms with Crippen LogP contribution in [0.4, 0.5) is 5.82 Å². The monoisotopic (exact) mass is 1000 g/mol. The summed E-state index contributed by atoms with van der Waals surface area (Å²) in [4.78, 5) is 61.8. The van der Waals surface area contributed by atoms with E-state index in [0.29, 0.717) is 31.5 Å². The van der Waals surface area contributed by atoms with Crippen LogP contribution in [0.3, 0.4) is 0 Å². The van der Waals surface area contributed by atoms with Gasteiger partial charge in [0.25, 0.3) is 0 Å². The van der Waals surface area contributed by atoms with Gasteiger partial charge in [-0.25, -0.2) is 13.9 Å². The summed E-state index contributed by atoms with van der Waals surface area (Å²) in [5.74, 6) is -0.603. The molecule has 1 aromatic heterocycles. The highest BCUT2D eigenvalue weighted by atomic mass is 31.3. The van der Waals surface area contributed by atoms with Crippen molar-refractivity contribution in [3.63, 3.8) is 0 Å². The van der Waals surface area contributed by atoms with Gasteiger partial charge in [-0.2, -0.15) is 9.29 Å². The third kappa shape index (κ3) is 25.2. The Morgan fingerprint density at radius 2 is 1.44 bits per heavy atom. The van der Waals surface area contributed by atoms with Crippen molar-refractivity contribution < 1.29 is 71.0 Å². The zero-order valence-corrected chi connectivity index (χ0v) is 42.1. The van der Waals surface area contributed by atoms with Crippen LogP contribution in [0.5, 0.6) is 0 Å². The first kappa shape index (κ1) is 59.2. The molecule has 2 fully saturated rings. The van der Waals surface area contributed by atoms with Crippen molar-refractivity contribution >= 4 is 33.4 Å². The molecule has 10 atom stereocenters. The third-order valence-corrected chi connectivity index (χ3v) is 14.3. The van der Waals surface area contributed by atoms with Crippen molar-refractivity contribution in [2.75, 3.05) is 25.6 Å². The highest BCUT2D eigenvalue weighted by Gasteiger charge is 2.46. The van der Waals surface area contributed by atoms with E-state index in [2.05, 4.69) is 54.4 Å². The minimum Gasteiger partial charge on any atom is -0.462 e. The summed E-state index contributed by atoms with van der Waals surface area (Å²) in [5, 5.41) is 20.9. The van der Waals surface area contributed by atoms with Crippen LogP contribution >= 0.6 is 15.6 Å². The van der Waals surface area contributed by atoms with Gasteiger partial charge in [-0.3, -0.25) is 23.2 Å². The van der Waals surface area contributed by atoms with Gasteiger partial charge < -0.3 is 44.7 Å². The molecule has 1 aromatic rings. The molecule has 2 aliphatic rings. The van der Waals surface area contributed by atoms with E-state index < -0.39 is 83.7 Å². The van der Waals surface area contributed by atoms with Crippen molar-refractivity contribution in [1.82, 2.24) is 9.55 Å².